The van der Waals surface area contributed by atoms with Gasteiger partial charge in [-0.1, -0.05) is 68.8 Å². The van der Waals surface area contributed by atoms with Crippen LogP contribution < -0.4 is 46.1 Å². The number of aliphatic hydroxyl groups excluding tert-OH is 1. The molecule has 2 bridgehead atoms. The number of benzene rings is 3. The third kappa shape index (κ3) is 19.6. The summed E-state index contributed by atoms with van der Waals surface area (Å²) in [6.07, 6.45) is 10.3. The fraction of sp³-hybridized carbons (Fsp3) is 0.506. The number of aliphatic hydroxyl groups is 1. The number of rotatable bonds is 37. The number of aryl methyl sites for hydroxylation is 1. The minimum absolute atomic E-state index is 0.0318. The molecule has 8 atom stereocenters. The van der Waals surface area contributed by atoms with Crippen molar-refractivity contribution in [2.75, 3.05) is 120 Å². The number of nitrogens with two attached hydrogens (primary N) is 2. The van der Waals surface area contributed by atoms with E-state index < -0.39 is 41.3 Å². The van der Waals surface area contributed by atoms with Crippen molar-refractivity contribution in [1.29, 1.82) is 0 Å². The summed E-state index contributed by atoms with van der Waals surface area (Å²) in [6, 6.07) is 29.4. The van der Waals surface area contributed by atoms with Crippen LogP contribution in [0.2, 0.25) is 0 Å². The Morgan fingerprint density at radius 1 is 0.791 bits per heavy atom. The number of ether oxygens (including phenoxy) is 3. The van der Waals surface area contributed by atoms with E-state index in [-0.39, 0.29) is 98.2 Å². The van der Waals surface area contributed by atoms with E-state index in [9.17, 15) is 38.7 Å². The summed E-state index contributed by atoms with van der Waals surface area (Å²) in [5, 5.41) is 30.3. The first kappa shape index (κ1) is 82.6. The Morgan fingerprint density at radius 3 is 2.22 bits per heavy atom. The highest BCUT2D eigenvalue weighted by molar-refractivity contribution is 7.13. The van der Waals surface area contributed by atoms with Crippen LogP contribution >= 0.6 is 11.3 Å². The second-order valence-electron chi connectivity index (χ2n) is 32.0. The van der Waals surface area contributed by atoms with Crippen molar-refractivity contribution in [2.45, 2.75) is 167 Å². The molecule has 612 valence electrons. The predicted octanol–water partition coefficient (Wildman–Crippen LogP) is 8.64. The van der Waals surface area contributed by atoms with Gasteiger partial charge in [0.05, 0.1) is 39.6 Å². The number of hydrogen-bond acceptors (Lipinski definition) is 24. The first-order valence-corrected chi connectivity index (χ1v) is 41.4. The van der Waals surface area contributed by atoms with Crippen molar-refractivity contribution in [3.8, 4) is 39.2 Å². The van der Waals surface area contributed by atoms with Gasteiger partial charge in [0.25, 0.3) is 17.7 Å². The smallest absolute Gasteiger partial charge is 0.254 e. The van der Waals surface area contributed by atoms with Crippen LogP contribution in [-0.4, -0.2) is 237 Å². The fourth-order valence-corrected chi connectivity index (χ4v) is 17.7. The van der Waals surface area contributed by atoms with E-state index in [1.165, 1.54) is 22.0 Å². The number of fused-ring (bicyclic) bond motifs is 2. The molecule has 2 unspecified atom stereocenters. The summed E-state index contributed by atoms with van der Waals surface area (Å²) in [6.45, 7) is 17.6. The third-order valence-corrected chi connectivity index (χ3v) is 24.5. The number of carbonyl (C=O) groups excluding carboxylic acids is 7. The highest BCUT2D eigenvalue weighted by Crippen LogP contribution is 2.44. The van der Waals surface area contributed by atoms with Gasteiger partial charge in [0, 0.05) is 137 Å². The van der Waals surface area contributed by atoms with Crippen LogP contribution in [0.3, 0.4) is 0 Å². The Morgan fingerprint density at radius 2 is 1.52 bits per heavy atom. The monoisotopic (exact) mass is 1590 g/mol. The highest BCUT2D eigenvalue weighted by atomic mass is 32.1. The van der Waals surface area contributed by atoms with Crippen molar-refractivity contribution in [3.63, 3.8) is 0 Å². The van der Waals surface area contributed by atoms with Gasteiger partial charge in [-0.3, -0.25) is 48.3 Å². The van der Waals surface area contributed by atoms with Crippen molar-refractivity contribution >= 4 is 75.6 Å². The van der Waals surface area contributed by atoms with E-state index >= 15 is 0 Å². The molecule has 0 radical (unpaired) electrons. The van der Waals surface area contributed by atoms with Crippen molar-refractivity contribution in [2.24, 2.45) is 17.1 Å². The molecule has 5 fully saturated rings. The molecular weight excluding hydrogens is 1480 g/mol. The van der Waals surface area contributed by atoms with Gasteiger partial charge in [0.15, 0.2) is 11.6 Å². The lowest BCUT2D eigenvalue weighted by Crippen LogP contribution is -2.59. The molecule has 4 aromatic heterocycles. The average Bonchev–Trinajstić information content (AvgIpc) is 1.75. The molecule has 9 heterocycles. The minimum atomic E-state index is -1.38. The maximum Gasteiger partial charge on any atom is 0.254 e. The number of nitrogen functional groups attached to an aromatic ring is 1. The Kier molecular flexibility index (Phi) is 26.9. The molecule has 115 heavy (non-hydrogen) atoms. The van der Waals surface area contributed by atoms with Crippen molar-refractivity contribution < 1.29 is 57.4 Å². The predicted molar refractivity (Wildman–Crippen MR) is 438 cm³/mol. The molecule has 5 aliphatic heterocycles. The van der Waals surface area contributed by atoms with Crippen LogP contribution in [0, 0.1) is 18.3 Å². The number of nitrogens with zero attached hydrogens (tertiary/aromatic N) is 13. The quantitative estimate of drug-likeness (QED) is 0.0138. The second kappa shape index (κ2) is 37.5. The molecule has 0 spiro atoms. The molecule has 1 saturated carbocycles. The highest BCUT2D eigenvalue weighted by Gasteiger charge is 2.53. The van der Waals surface area contributed by atoms with Gasteiger partial charge in [-0.15, -0.1) is 21.5 Å². The Labute approximate surface area is 676 Å². The zero-order valence-corrected chi connectivity index (χ0v) is 67.8. The molecule has 1 aliphatic carbocycles. The normalized spacial score (nSPS) is 20.2. The van der Waals surface area contributed by atoms with Gasteiger partial charge in [-0.25, -0.2) is 9.97 Å². The van der Waals surface area contributed by atoms with E-state index in [1.807, 2.05) is 120 Å². The second-order valence-corrected chi connectivity index (χ2v) is 32.9. The van der Waals surface area contributed by atoms with Gasteiger partial charge in [-0.05, 0) is 170 Å². The molecule has 4 saturated heterocycles. The number of anilines is 4. The van der Waals surface area contributed by atoms with E-state index in [4.69, 9.17) is 30.2 Å². The molecule has 7 aromatic rings. The maximum absolute atomic E-state index is 14.6. The lowest BCUT2D eigenvalue weighted by molar-refractivity contribution is -0.159. The summed E-state index contributed by atoms with van der Waals surface area (Å²) in [5.74, 6) is -1.66. The number of carbonyl (C=O) groups is 7. The van der Waals surface area contributed by atoms with Gasteiger partial charge >= 0.3 is 0 Å². The third-order valence-electron chi connectivity index (χ3n) is 23.5. The standard InChI is InChI=1S/C85H109N17O12S/c1-54(2)77(82(108)101-51-65(103)45-70(101)81(107)90-56(4)59-21-23-60(24-22-59)78-57(5)89-53-115-78)72-47-74(94-114-72)112-42-40-96-38-39-97(55(3)48-96)41-43-111-73-44-62(31-34-88-73)102-63-27-28-64(102)50-98(49-63)69-46-67(92-93-79(69)86)66-16-9-10-18-71(66)113-52-58-19-25-61(26-20-58)91-80(106)68(17-11-14-35-95(6)7)99(84(110)85(83(87)109)32-15-33-85)36-12-8-13-37-100-75(104)29-30-76(100)105/h9-10,16,18-26,29-31,34,44,46-47,53-56,63-65,68,70,77,103H,8,11-15,17,27-28,32-33,35-43,45,48-52H2,1-7H3,(H2,86,93)(H2,87,109)(H,90,107)(H,91,106)/t55-,56+,63?,64?,65-,68+,70+,77-/m1/s1. The van der Waals surface area contributed by atoms with Crippen LogP contribution in [0.1, 0.15) is 139 Å². The number of piperazine rings is 2. The van der Waals surface area contributed by atoms with Crippen LogP contribution in [0.25, 0.3) is 21.7 Å². The van der Waals surface area contributed by atoms with Gasteiger partial charge in [0.2, 0.25) is 35.4 Å². The average molecular weight is 1590 g/mol. The maximum atomic E-state index is 14.6. The number of β-amino-alcohol motifs (C(OH)–C–C–N with tert-alkyl or cyclic N) is 1. The van der Waals surface area contributed by atoms with E-state index in [1.54, 1.807) is 34.4 Å². The summed E-state index contributed by atoms with van der Waals surface area (Å²) in [7, 11) is 3.97. The lowest BCUT2D eigenvalue weighted by Gasteiger charge is -2.43. The molecule has 7 amide bonds. The molecular formula is C85H109N17O12S. The number of amides is 7. The molecule has 30 heteroatoms. The molecule has 7 N–H and O–H groups in total. The Balaban J connectivity index is 0.558. The molecule has 29 nitrogen and oxygen atoms in total. The Bertz CT molecular complexity index is 4560. The number of para-hydroxylation sites is 1. The summed E-state index contributed by atoms with van der Waals surface area (Å²) < 4.78 is 24.8. The topological polar surface area (TPSA) is 347 Å². The van der Waals surface area contributed by atoms with Crippen LogP contribution in [0.5, 0.6) is 17.5 Å². The number of hydrogen-bond donors (Lipinski definition) is 5. The minimum Gasteiger partial charge on any atom is -0.488 e. The van der Waals surface area contributed by atoms with E-state index in [2.05, 4.69) is 79.5 Å². The zero-order chi connectivity index (χ0) is 81.0. The largest absolute Gasteiger partial charge is 0.488 e. The summed E-state index contributed by atoms with van der Waals surface area (Å²) in [5.41, 5.74) is 20.6. The number of primary amides is 1. The summed E-state index contributed by atoms with van der Waals surface area (Å²) in [4.78, 5) is 121. The summed E-state index contributed by atoms with van der Waals surface area (Å²) >= 11 is 1.58. The van der Waals surface area contributed by atoms with Crippen LogP contribution in [0.4, 0.5) is 22.9 Å². The van der Waals surface area contributed by atoms with Crippen molar-refractivity contribution in [1.82, 2.24) is 60.0 Å². The SMILES string of the molecule is Cc1ncsc1-c1ccc([C@H](C)NC(=O)[C@@H]2C[C@@H](O)CN2C(=O)[C@@H](c2cc(OCCN3CCN(CCOc4cc(N5C6CCC5CN(c5cc(-c7ccccc7OCc7ccc(NC(=O)[C@H](CCCCN(C)C)N(CCCCCN8C(=O)C=CC8=O)C(=O)C8(C(N)=O)CCC8)cc7)nnc5N)C6)ccn4)[C@H](C)C3)no2)C(C)C)cc1. The van der Waals surface area contributed by atoms with Crippen LogP contribution in [0.15, 0.2) is 125 Å². The molecule has 6 aliphatic rings. The fourth-order valence-electron chi connectivity index (χ4n) is 16.9. The van der Waals surface area contributed by atoms with E-state index in [0.717, 1.165) is 109 Å². The van der Waals surface area contributed by atoms with Gasteiger partial charge in [0.1, 0.15) is 49.0 Å². The molecule has 13 rings (SSSR count). The number of pyridine rings is 1. The van der Waals surface area contributed by atoms with E-state index in [0.29, 0.717) is 106 Å². The number of unbranched alkanes of at least 4 members (excludes halogenated alkanes) is 3. The van der Waals surface area contributed by atoms with Crippen LogP contribution in [-0.2, 0) is 40.2 Å². The Hall–Kier alpha value is -10.4. The lowest BCUT2D eigenvalue weighted by atomic mass is 9.67. The number of likely N-dealkylation sites (tertiary alicyclic amines) is 1. The number of nitrogens with one attached hydrogen (secondary N) is 2. The first-order chi connectivity index (χ1) is 55.5. The number of imide groups is 1. The van der Waals surface area contributed by atoms with Gasteiger partial charge < -0.3 is 70.4 Å². The number of thiazole rings is 1. The van der Waals surface area contributed by atoms with Crippen molar-refractivity contribution in [3.05, 3.63) is 144 Å². The molecule has 3 aromatic carbocycles. The number of aromatic nitrogens is 5. The van der Waals surface area contributed by atoms with Gasteiger partial charge in [-0.2, -0.15) is 0 Å². The first-order valence-electron chi connectivity index (χ1n) is 40.5. The zero-order valence-electron chi connectivity index (χ0n) is 66.9.